The molecule has 86 valence electrons. The summed E-state index contributed by atoms with van der Waals surface area (Å²) in [6.07, 6.45) is 5.03. The first-order valence-corrected chi connectivity index (χ1v) is 6.16. The molecule has 16 heavy (non-hydrogen) atoms. The Kier molecular flexibility index (Phi) is 3.45. The van der Waals surface area contributed by atoms with E-state index in [1.54, 1.807) is 0 Å². The van der Waals surface area contributed by atoms with E-state index in [1.165, 1.54) is 29.5 Å². The standard InChI is InChI=1S/C15H21N/c1-11(12(2)16-3)9-13-5-4-6-15(10-13)14-7-8-14/h4-6,9-10,12,14,16H,7-8H2,1-3H3/b11-9+. The van der Waals surface area contributed by atoms with E-state index >= 15 is 0 Å². The van der Waals surface area contributed by atoms with Crippen molar-refractivity contribution in [2.45, 2.75) is 38.6 Å². The van der Waals surface area contributed by atoms with E-state index in [1.807, 2.05) is 7.05 Å². The zero-order chi connectivity index (χ0) is 11.5. The molecule has 1 N–H and O–H groups in total. The number of benzene rings is 1. The van der Waals surface area contributed by atoms with Crippen LogP contribution in [-0.4, -0.2) is 13.1 Å². The van der Waals surface area contributed by atoms with Crippen LogP contribution in [-0.2, 0) is 0 Å². The van der Waals surface area contributed by atoms with Crippen molar-refractivity contribution in [3.05, 3.63) is 41.0 Å². The number of hydrogen-bond acceptors (Lipinski definition) is 1. The van der Waals surface area contributed by atoms with Gasteiger partial charge in [-0.25, -0.2) is 0 Å². The number of likely N-dealkylation sites (N-methyl/N-ethyl adjacent to an activating group) is 1. The first kappa shape index (κ1) is 11.4. The van der Waals surface area contributed by atoms with E-state index in [0.29, 0.717) is 6.04 Å². The first-order valence-electron chi connectivity index (χ1n) is 6.16. The normalized spacial score (nSPS) is 18.6. The lowest BCUT2D eigenvalue weighted by molar-refractivity contribution is 0.696. The molecule has 0 aliphatic heterocycles. The summed E-state index contributed by atoms with van der Waals surface area (Å²) in [5.74, 6) is 0.843. The highest BCUT2D eigenvalue weighted by Crippen LogP contribution is 2.40. The van der Waals surface area contributed by atoms with E-state index in [0.717, 1.165) is 5.92 Å². The van der Waals surface area contributed by atoms with Crippen molar-refractivity contribution in [1.82, 2.24) is 5.32 Å². The summed E-state index contributed by atoms with van der Waals surface area (Å²) in [6.45, 7) is 4.38. The van der Waals surface area contributed by atoms with Crippen LogP contribution in [0.3, 0.4) is 0 Å². The van der Waals surface area contributed by atoms with Gasteiger partial charge >= 0.3 is 0 Å². The van der Waals surface area contributed by atoms with Crippen molar-refractivity contribution in [2.24, 2.45) is 0 Å². The van der Waals surface area contributed by atoms with Gasteiger partial charge in [-0.05, 0) is 50.8 Å². The van der Waals surface area contributed by atoms with Gasteiger partial charge in [-0.2, -0.15) is 0 Å². The quantitative estimate of drug-likeness (QED) is 0.809. The molecule has 1 heteroatoms. The van der Waals surface area contributed by atoms with Gasteiger partial charge in [-0.15, -0.1) is 0 Å². The van der Waals surface area contributed by atoms with Crippen LogP contribution in [0.15, 0.2) is 29.8 Å². The molecular weight excluding hydrogens is 194 g/mol. The molecule has 0 spiro atoms. The maximum Gasteiger partial charge on any atom is 0.0248 e. The van der Waals surface area contributed by atoms with Crippen molar-refractivity contribution in [1.29, 1.82) is 0 Å². The molecule has 2 rings (SSSR count). The fraction of sp³-hybridized carbons (Fsp3) is 0.467. The van der Waals surface area contributed by atoms with Gasteiger partial charge in [0.25, 0.3) is 0 Å². The van der Waals surface area contributed by atoms with Crippen LogP contribution in [0.25, 0.3) is 6.08 Å². The summed E-state index contributed by atoms with van der Waals surface area (Å²) in [5.41, 5.74) is 4.23. The van der Waals surface area contributed by atoms with Crippen LogP contribution in [0.2, 0.25) is 0 Å². The van der Waals surface area contributed by atoms with Crippen LogP contribution in [0.4, 0.5) is 0 Å². The van der Waals surface area contributed by atoms with E-state index in [-0.39, 0.29) is 0 Å². The van der Waals surface area contributed by atoms with Crippen molar-refractivity contribution in [2.75, 3.05) is 7.05 Å². The van der Waals surface area contributed by atoms with E-state index in [4.69, 9.17) is 0 Å². The van der Waals surface area contributed by atoms with Crippen LogP contribution >= 0.6 is 0 Å². The first-order chi connectivity index (χ1) is 7.70. The zero-order valence-electron chi connectivity index (χ0n) is 10.5. The molecular formula is C15H21N. The fourth-order valence-corrected chi connectivity index (χ4v) is 1.93. The lowest BCUT2D eigenvalue weighted by Gasteiger charge is -2.11. The molecule has 1 aliphatic rings. The zero-order valence-corrected chi connectivity index (χ0v) is 10.5. The molecule has 1 saturated carbocycles. The molecule has 1 unspecified atom stereocenters. The van der Waals surface area contributed by atoms with Crippen LogP contribution in [0.1, 0.15) is 43.7 Å². The predicted octanol–water partition coefficient (Wildman–Crippen LogP) is 3.58. The molecule has 1 aliphatic carbocycles. The van der Waals surface area contributed by atoms with Crippen LogP contribution in [0.5, 0.6) is 0 Å². The van der Waals surface area contributed by atoms with Crippen molar-refractivity contribution in [3.8, 4) is 0 Å². The fourth-order valence-electron chi connectivity index (χ4n) is 1.93. The smallest absolute Gasteiger partial charge is 0.0248 e. The Labute approximate surface area is 98.6 Å². The Morgan fingerprint density at radius 3 is 2.81 bits per heavy atom. The molecule has 1 aromatic rings. The topological polar surface area (TPSA) is 12.0 Å². The summed E-state index contributed by atoms with van der Waals surface area (Å²) >= 11 is 0. The van der Waals surface area contributed by atoms with Crippen molar-refractivity contribution < 1.29 is 0 Å². The molecule has 0 radical (unpaired) electrons. The minimum Gasteiger partial charge on any atom is -0.314 e. The monoisotopic (exact) mass is 215 g/mol. The Hall–Kier alpha value is -1.08. The van der Waals surface area contributed by atoms with E-state index < -0.39 is 0 Å². The van der Waals surface area contributed by atoms with Crippen molar-refractivity contribution >= 4 is 6.08 Å². The summed E-state index contributed by atoms with van der Waals surface area (Å²) in [4.78, 5) is 0. The second kappa shape index (κ2) is 4.84. The summed E-state index contributed by atoms with van der Waals surface area (Å²) < 4.78 is 0. The highest BCUT2D eigenvalue weighted by molar-refractivity contribution is 5.55. The van der Waals surface area contributed by atoms with Gasteiger partial charge in [0.2, 0.25) is 0 Å². The third kappa shape index (κ3) is 2.73. The Bertz CT molecular complexity index is 388. The minimum absolute atomic E-state index is 0.449. The highest BCUT2D eigenvalue weighted by Gasteiger charge is 2.23. The molecule has 1 fully saturated rings. The predicted molar refractivity (Wildman–Crippen MR) is 70.6 cm³/mol. The maximum atomic E-state index is 3.27. The van der Waals surface area contributed by atoms with Crippen LogP contribution < -0.4 is 5.32 Å². The minimum atomic E-state index is 0.449. The molecule has 0 saturated heterocycles. The summed E-state index contributed by atoms with van der Waals surface area (Å²) in [6, 6.07) is 9.41. The van der Waals surface area contributed by atoms with Crippen LogP contribution in [0, 0.1) is 0 Å². The largest absolute Gasteiger partial charge is 0.314 e. The van der Waals surface area contributed by atoms with Gasteiger partial charge in [0, 0.05) is 6.04 Å². The van der Waals surface area contributed by atoms with Gasteiger partial charge < -0.3 is 5.32 Å². The van der Waals surface area contributed by atoms with Gasteiger partial charge in [0.1, 0.15) is 0 Å². The van der Waals surface area contributed by atoms with Gasteiger partial charge in [0.05, 0.1) is 0 Å². The molecule has 1 aromatic carbocycles. The summed E-state index contributed by atoms with van der Waals surface area (Å²) in [7, 11) is 2.00. The summed E-state index contributed by atoms with van der Waals surface area (Å²) in [5, 5.41) is 3.27. The SMILES string of the molecule is CNC(C)/C(C)=C/c1cccc(C2CC2)c1. The van der Waals surface area contributed by atoms with Gasteiger partial charge in [0.15, 0.2) is 0 Å². The average Bonchev–Trinajstić information content (AvgIpc) is 3.12. The average molecular weight is 215 g/mol. The maximum absolute atomic E-state index is 3.27. The third-order valence-corrected chi connectivity index (χ3v) is 3.47. The lowest BCUT2D eigenvalue weighted by Crippen LogP contribution is -2.21. The lowest BCUT2D eigenvalue weighted by atomic mass is 10.0. The number of rotatable bonds is 4. The van der Waals surface area contributed by atoms with Crippen molar-refractivity contribution in [3.63, 3.8) is 0 Å². The van der Waals surface area contributed by atoms with E-state index in [2.05, 4.69) is 49.5 Å². The Morgan fingerprint density at radius 2 is 2.19 bits per heavy atom. The number of hydrogen-bond donors (Lipinski definition) is 1. The molecule has 0 amide bonds. The molecule has 0 bridgehead atoms. The molecule has 0 heterocycles. The second-order valence-electron chi connectivity index (χ2n) is 4.84. The van der Waals surface area contributed by atoms with E-state index in [9.17, 15) is 0 Å². The molecule has 0 aromatic heterocycles. The molecule has 1 atom stereocenters. The highest BCUT2D eigenvalue weighted by atomic mass is 14.8. The Morgan fingerprint density at radius 1 is 1.44 bits per heavy atom. The second-order valence-corrected chi connectivity index (χ2v) is 4.84. The Balaban J connectivity index is 2.16. The number of nitrogens with one attached hydrogen (secondary N) is 1. The molecule has 1 nitrogen and oxygen atoms in total. The van der Waals surface area contributed by atoms with Gasteiger partial charge in [-0.3, -0.25) is 0 Å². The van der Waals surface area contributed by atoms with Gasteiger partial charge in [-0.1, -0.05) is 35.9 Å². The third-order valence-electron chi connectivity index (χ3n) is 3.47.